The van der Waals surface area contributed by atoms with Gasteiger partial charge in [-0.3, -0.25) is 15.0 Å². The van der Waals surface area contributed by atoms with E-state index < -0.39 is 22.6 Å². The van der Waals surface area contributed by atoms with Crippen molar-refractivity contribution < 1.29 is 29.1 Å². The van der Waals surface area contributed by atoms with Crippen molar-refractivity contribution >= 4 is 17.6 Å². The lowest BCUT2D eigenvalue weighted by atomic mass is 9.89. The Morgan fingerprint density at radius 1 is 1.11 bits per heavy atom. The van der Waals surface area contributed by atoms with E-state index in [2.05, 4.69) is 28.7 Å². The van der Waals surface area contributed by atoms with Crippen LogP contribution in [0, 0.1) is 28.9 Å². The van der Waals surface area contributed by atoms with Crippen molar-refractivity contribution in [3.05, 3.63) is 57.1 Å². The van der Waals surface area contributed by atoms with Gasteiger partial charge < -0.3 is 19.5 Å². The minimum atomic E-state index is -0.948. The fourth-order valence-corrected chi connectivity index (χ4v) is 3.88. The van der Waals surface area contributed by atoms with Crippen LogP contribution in [0.25, 0.3) is 11.1 Å². The zero-order valence-corrected chi connectivity index (χ0v) is 19.9. The molecule has 0 radical (unpaired) electrons. The number of aromatic hydroxyl groups is 1. The number of ether oxygens (including phenoxy) is 2. The van der Waals surface area contributed by atoms with E-state index in [-0.39, 0.29) is 40.1 Å². The third-order valence-electron chi connectivity index (χ3n) is 5.77. The first kappa shape index (κ1) is 25.7. The second kappa shape index (κ2) is 11.5. The third kappa shape index (κ3) is 5.95. The number of nitro benzene ring substituents is 1. The molecule has 0 atom stereocenters. The van der Waals surface area contributed by atoms with E-state index >= 15 is 0 Å². The molecule has 0 bridgehead atoms. The minimum absolute atomic E-state index is 0.0231. The number of likely N-dealkylation sites (N-methyl/N-ethyl adjacent to an activating group) is 1. The van der Waals surface area contributed by atoms with E-state index in [0.29, 0.717) is 6.54 Å². The minimum Gasteiger partial charge on any atom is -0.507 e. The zero-order valence-electron chi connectivity index (χ0n) is 19.9. The maximum absolute atomic E-state index is 13.1. The predicted octanol–water partition coefficient (Wildman–Crippen LogP) is 2.47. The number of piperazine rings is 1. The van der Waals surface area contributed by atoms with Gasteiger partial charge in [-0.15, -0.1) is 0 Å². The fourth-order valence-electron chi connectivity index (χ4n) is 3.88. The van der Waals surface area contributed by atoms with E-state index in [0.717, 1.165) is 33.3 Å². The Morgan fingerprint density at radius 3 is 2.46 bits per heavy atom. The van der Waals surface area contributed by atoms with Gasteiger partial charge in [0.05, 0.1) is 29.7 Å². The Morgan fingerprint density at radius 2 is 1.80 bits per heavy atom. The van der Waals surface area contributed by atoms with Crippen molar-refractivity contribution in [2.24, 2.45) is 0 Å². The summed E-state index contributed by atoms with van der Waals surface area (Å²) in [4.78, 5) is 41.1. The van der Waals surface area contributed by atoms with Crippen LogP contribution in [0.15, 0.2) is 30.3 Å². The number of phenols is 1. The number of nitro groups is 1. The van der Waals surface area contributed by atoms with Crippen LogP contribution in [0.3, 0.4) is 0 Å². The molecule has 0 saturated carbocycles. The number of hydrogen-bond donors (Lipinski definition) is 1. The third-order valence-corrected chi connectivity index (χ3v) is 5.77. The number of para-hydroxylation sites is 1. The second-order valence-electron chi connectivity index (χ2n) is 8.11. The number of esters is 2. The van der Waals surface area contributed by atoms with Crippen LogP contribution >= 0.6 is 0 Å². The van der Waals surface area contributed by atoms with E-state index in [4.69, 9.17) is 9.47 Å². The fraction of sp³-hybridized carbons (Fsp3) is 0.360. The van der Waals surface area contributed by atoms with Gasteiger partial charge in [0.2, 0.25) is 0 Å². The summed E-state index contributed by atoms with van der Waals surface area (Å²) >= 11 is 0. The van der Waals surface area contributed by atoms with Crippen LogP contribution in [-0.2, 0) is 9.47 Å². The average Bonchev–Trinajstić information content (AvgIpc) is 2.83. The second-order valence-corrected chi connectivity index (χ2v) is 8.11. The number of methoxy groups -OCH3 is 1. The molecule has 1 aliphatic heterocycles. The molecule has 0 amide bonds. The average molecular weight is 482 g/mol. The standard InChI is InChI=1S/C25H27N3O7/c1-17-16-20(29)23(24(30)34-3)22(18-8-4-5-9-19(18)28(32)33)21(17)25(31)35-15-7-6-10-27-13-11-26(2)12-14-27/h4-5,8-9,16,29H,10-15H2,1-3H3. The molecular weight excluding hydrogens is 454 g/mol. The van der Waals surface area contributed by atoms with Gasteiger partial charge in [0.15, 0.2) is 6.61 Å². The van der Waals surface area contributed by atoms with Gasteiger partial charge in [-0.05, 0) is 31.7 Å². The number of rotatable bonds is 6. The Balaban J connectivity index is 1.93. The summed E-state index contributed by atoms with van der Waals surface area (Å²) in [5, 5.41) is 22.2. The van der Waals surface area contributed by atoms with Crippen molar-refractivity contribution in [2.75, 3.05) is 53.5 Å². The van der Waals surface area contributed by atoms with E-state index in [1.165, 1.54) is 37.3 Å². The molecule has 10 nitrogen and oxygen atoms in total. The lowest BCUT2D eigenvalue weighted by molar-refractivity contribution is -0.384. The number of hydrogen-bond acceptors (Lipinski definition) is 9. The van der Waals surface area contributed by atoms with Crippen LogP contribution in [0.2, 0.25) is 0 Å². The Labute approximate surface area is 203 Å². The van der Waals surface area contributed by atoms with Crippen molar-refractivity contribution in [1.82, 2.24) is 9.80 Å². The molecule has 2 aromatic rings. The van der Waals surface area contributed by atoms with Crippen LogP contribution in [0.4, 0.5) is 5.69 Å². The first-order valence-electron chi connectivity index (χ1n) is 11.0. The van der Waals surface area contributed by atoms with Gasteiger partial charge in [0.1, 0.15) is 11.3 Å². The Kier molecular flexibility index (Phi) is 8.41. The lowest BCUT2D eigenvalue weighted by Gasteiger charge is -2.30. The first-order valence-corrected chi connectivity index (χ1v) is 11.0. The molecule has 1 aliphatic rings. The largest absolute Gasteiger partial charge is 0.507 e. The van der Waals surface area contributed by atoms with Gasteiger partial charge in [0.25, 0.3) is 5.69 Å². The SMILES string of the molecule is COC(=O)c1c(O)cc(C)c(C(=O)OCC#CCN2CCN(C)CC2)c1-c1ccccc1[N+](=O)[O-]. The number of carbonyl (C=O) groups excluding carboxylic acids is 2. The molecule has 1 fully saturated rings. The summed E-state index contributed by atoms with van der Waals surface area (Å²) < 4.78 is 10.1. The molecule has 10 heteroatoms. The van der Waals surface area contributed by atoms with E-state index in [9.17, 15) is 24.8 Å². The Bertz CT molecular complexity index is 1190. The highest BCUT2D eigenvalue weighted by atomic mass is 16.6. The smallest absolute Gasteiger partial charge is 0.342 e. The molecule has 35 heavy (non-hydrogen) atoms. The molecule has 184 valence electrons. The van der Waals surface area contributed by atoms with Crippen molar-refractivity contribution in [1.29, 1.82) is 0 Å². The molecule has 1 N–H and O–H groups in total. The summed E-state index contributed by atoms with van der Waals surface area (Å²) in [6.45, 7) is 5.64. The highest BCUT2D eigenvalue weighted by molar-refractivity contribution is 6.09. The van der Waals surface area contributed by atoms with Crippen LogP contribution in [0.5, 0.6) is 5.75 Å². The molecule has 3 rings (SSSR count). The summed E-state index contributed by atoms with van der Waals surface area (Å²) in [5.74, 6) is 3.56. The number of benzene rings is 2. The highest BCUT2D eigenvalue weighted by Gasteiger charge is 2.31. The molecule has 1 heterocycles. The van der Waals surface area contributed by atoms with Crippen molar-refractivity contribution in [3.63, 3.8) is 0 Å². The van der Waals surface area contributed by atoms with Crippen molar-refractivity contribution in [2.45, 2.75) is 6.92 Å². The first-order chi connectivity index (χ1) is 16.7. The maximum Gasteiger partial charge on any atom is 0.342 e. The summed E-state index contributed by atoms with van der Waals surface area (Å²) in [6.07, 6.45) is 0. The molecule has 0 aromatic heterocycles. The van der Waals surface area contributed by atoms with Gasteiger partial charge in [0, 0.05) is 37.8 Å². The van der Waals surface area contributed by atoms with Gasteiger partial charge in [-0.2, -0.15) is 0 Å². The van der Waals surface area contributed by atoms with Crippen LogP contribution in [-0.4, -0.2) is 85.3 Å². The number of carbonyl (C=O) groups is 2. The number of nitrogens with zero attached hydrogens (tertiary/aromatic N) is 3. The number of aryl methyl sites for hydroxylation is 1. The molecule has 0 unspecified atom stereocenters. The molecule has 1 saturated heterocycles. The van der Waals surface area contributed by atoms with Gasteiger partial charge in [-0.1, -0.05) is 24.0 Å². The summed E-state index contributed by atoms with van der Waals surface area (Å²) in [7, 11) is 3.18. The monoisotopic (exact) mass is 481 g/mol. The lowest BCUT2D eigenvalue weighted by Crippen LogP contribution is -2.44. The maximum atomic E-state index is 13.1. The molecular formula is C25H27N3O7. The van der Waals surface area contributed by atoms with E-state index in [1.54, 1.807) is 0 Å². The summed E-state index contributed by atoms with van der Waals surface area (Å²) in [6, 6.07) is 6.85. The van der Waals surface area contributed by atoms with Crippen LogP contribution in [0.1, 0.15) is 26.3 Å². The molecule has 0 spiro atoms. The van der Waals surface area contributed by atoms with Gasteiger partial charge >= 0.3 is 11.9 Å². The zero-order chi connectivity index (χ0) is 25.5. The Hall–Kier alpha value is -3.94. The quantitative estimate of drug-likeness (QED) is 0.287. The topological polar surface area (TPSA) is 122 Å². The van der Waals surface area contributed by atoms with Crippen molar-refractivity contribution in [3.8, 4) is 28.7 Å². The van der Waals surface area contributed by atoms with Crippen LogP contribution < -0.4 is 0 Å². The highest BCUT2D eigenvalue weighted by Crippen LogP contribution is 2.40. The van der Waals surface area contributed by atoms with E-state index in [1.807, 2.05) is 0 Å². The summed E-state index contributed by atoms with van der Waals surface area (Å²) in [5.41, 5.74) is -0.664. The van der Waals surface area contributed by atoms with Gasteiger partial charge in [-0.25, -0.2) is 9.59 Å². The normalized spacial score (nSPS) is 14.0. The molecule has 2 aromatic carbocycles. The number of phenolic OH excluding ortho intramolecular Hbond substituents is 1. The molecule has 0 aliphatic carbocycles. The predicted molar refractivity (Wildman–Crippen MR) is 128 cm³/mol.